The maximum Gasteiger partial charge on any atom is 0.227 e. The summed E-state index contributed by atoms with van der Waals surface area (Å²) < 4.78 is 0. The van der Waals surface area contributed by atoms with Crippen LogP contribution in [-0.4, -0.2) is 48.9 Å². The number of likely N-dealkylation sites (tertiary alicyclic amines) is 2. The van der Waals surface area contributed by atoms with Gasteiger partial charge in [-0.05, 0) is 14.0 Å². The van der Waals surface area contributed by atoms with Crippen molar-refractivity contribution < 1.29 is 4.79 Å². The van der Waals surface area contributed by atoms with Crippen LogP contribution in [0.15, 0.2) is 0 Å². The van der Waals surface area contributed by atoms with Crippen LogP contribution in [0, 0.1) is 11.8 Å². The molecule has 0 bridgehead atoms. The Kier molecular flexibility index (Phi) is 1.65. The molecule has 3 heteroatoms. The molecule has 2 fully saturated rings. The van der Waals surface area contributed by atoms with E-state index in [0.29, 0.717) is 17.9 Å². The molecule has 2 heterocycles. The van der Waals surface area contributed by atoms with Crippen molar-refractivity contribution >= 4 is 5.91 Å². The number of fused-ring (bicyclic) bond motifs is 1. The number of hydrogen-bond acceptors (Lipinski definition) is 2. The minimum Gasteiger partial charge on any atom is -0.342 e. The van der Waals surface area contributed by atoms with Crippen LogP contribution in [0.1, 0.15) is 6.92 Å². The molecule has 12 heavy (non-hydrogen) atoms. The van der Waals surface area contributed by atoms with Crippen LogP contribution in [0.3, 0.4) is 0 Å². The van der Waals surface area contributed by atoms with Gasteiger partial charge in [0.15, 0.2) is 0 Å². The molecule has 3 nitrogen and oxygen atoms in total. The van der Waals surface area contributed by atoms with Crippen molar-refractivity contribution in [3.63, 3.8) is 0 Å². The van der Waals surface area contributed by atoms with Gasteiger partial charge >= 0.3 is 0 Å². The third-order valence-corrected chi connectivity index (χ3v) is 3.44. The van der Waals surface area contributed by atoms with E-state index in [2.05, 4.69) is 18.9 Å². The van der Waals surface area contributed by atoms with Crippen molar-refractivity contribution in [3.8, 4) is 0 Å². The number of hydrogen-bond donors (Lipinski definition) is 0. The highest BCUT2D eigenvalue weighted by atomic mass is 16.2. The zero-order valence-corrected chi connectivity index (χ0v) is 7.95. The van der Waals surface area contributed by atoms with Crippen molar-refractivity contribution in [3.05, 3.63) is 0 Å². The fourth-order valence-corrected chi connectivity index (χ4v) is 2.53. The SMILES string of the molecule is CC1C2CN(C)CC2C(=O)N1C. The Morgan fingerprint density at radius 2 is 2.00 bits per heavy atom. The van der Waals surface area contributed by atoms with Gasteiger partial charge in [0.2, 0.25) is 5.91 Å². The molecular weight excluding hydrogens is 152 g/mol. The maximum atomic E-state index is 11.6. The predicted molar refractivity (Wildman–Crippen MR) is 46.7 cm³/mol. The first-order chi connectivity index (χ1) is 5.61. The Bertz CT molecular complexity index is 217. The van der Waals surface area contributed by atoms with E-state index in [1.807, 2.05) is 11.9 Å². The van der Waals surface area contributed by atoms with E-state index in [-0.39, 0.29) is 5.92 Å². The molecule has 0 saturated carbocycles. The van der Waals surface area contributed by atoms with Gasteiger partial charge in [-0.2, -0.15) is 0 Å². The largest absolute Gasteiger partial charge is 0.342 e. The van der Waals surface area contributed by atoms with Gasteiger partial charge in [-0.1, -0.05) is 0 Å². The average Bonchev–Trinajstić information content (AvgIpc) is 2.49. The molecule has 0 aromatic carbocycles. The Balaban J connectivity index is 2.21. The third-order valence-electron chi connectivity index (χ3n) is 3.44. The molecule has 2 aliphatic rings. The zero-order valence-electron chi connectivity index (χ0n) is 7.95. The summed E-state index contributed by atoms with van der Waals surface area (Å²) in [6, 6.07) is 0.437. The summed E-state index contributed by atoms with van der Waals surface area (Å²) in [4.78, 5) is 15.8. The molecule has 0 aromatic heterocycles. The van der Waals surface area contributed by atoms with Gasteiger partial charge in [-0.3, -0.25) is 4.79 Å². The molecule has 3 atom stereocenters. The van der Waals surface area contributed by atoms with E-state index in [1.54, 1.807) is 0 Å². The molecule has 2 rings (SSSR count). The Labute approximate surface area is 73.3 Å². The van der Waals surface area contributed by atoms with E-state index in [4.69, 9.17) is 0 Å². The molecule has 1 amide bonds. The van der Waals surface area contributed by atoms with Crippen LogP contribution in [0.25, 0.3) is 0 Å². The first-order valence-electron chi connectivity index (χ1n) is 4.56. The topological polar surface area (TPSA) is 23.6 Å². The molecular formula is C9H16N2O. The number of carbonyl (C=O) groups is 1. The summed E-state index contributed by atoms with van der Waals surface area (Å²) in [5.41, 5.74) is 0. The fourth-order valence-electron chi connectivity index (χ4n) is 2.53. The fraction of sp³-hybridized carbons (Fsp3) is 0.889. The number of carbonyl (C=O) groups excluding carboxylic acids is 1. The molecule has 0 spiro atoms. The minimum absolute atomic E-state index is 0.287. The minimum atomic E-state index is 0.287. The van der Waals surface area contributed by atoms with Crippen LogP contribution in [0.5, 0.6) is 0 Å². The van der Waals surface area contributed by atoms with Gasteiger partial charge in [-0.25, -0.2) is 0 Å². The second-order valence-corrected chi connectivity index (χ2v) is 4.18. The quantitative estimate of drug-likeness (QED) is 0.509. The highest BCUT2D eigenvalue weighted by molar-refractivity contribution is 5.82. The Morgan fingerprint density at radius 1 is 1.33 bits per heavy atom. The predicted octanol–water partition coefficient (Wildman–Crippen LogP) is 0.0247. The van der Waals surface area contributed by atoms with E-state index in [1.165, 1.54) is 0 Å². The third kappa shape index (κ3) is 0.891. The molecule has 3 unspecified atom stereocenters. The lowest BCUT2D eigenvalue weighted by Gasteiger charge is -2.21. The van der Waals surface area contributed by atoms with Crippen molar-refractivity contribution in [1.82, 2.24) is 9.80 Å². The van der Waals surface area contributed by atoms with E-state index < -0.39 is 0 Å². The van der Waals surface area contributed by atoms with Crippen LogP contribution < -0.4 is 0 Å². The molecule has 68 valence electrons. The molecule has 2 saturated heterocycles. The second-order valence-electron chi connectivity index (χ2n) is 4.18. The van der Waals surface area contributed by atoms with Crippen molar-refractivity contribution in [2.45, 2.75) is 13.0 Å². The highest BCUT2D eigenvalue weighted by Crippen LogP contribution is 2.35. The van der Waals surface area contributed by atoms with E-state index >= 15 is 0 Å². The number of amides is 1. The van der Waals surface area contributed by atoms with Gasteiger partial charge in [0.05, 0.1) is 5.92 Å². The number of nitrogens with zero attached hydrogens (tertiary/aromatic N) is 2. The number of rotatable bonds is 0. The lowest BCUT2D eigenvalue weighted by molar-refractivity contribution is -0.130. The summed E-state index contributed by atoms with van der Waals surface area (Å²) in [6.45, 7) is 4.20. The maximum absolute atomic E-state index is 11.6. The lowest BCUT2D eigenvalue weighted by atomic mass is 9.95. The summed E-state index contributed by atoms with van der Waals surface area (Å²) in [7, 11) is 4.02. The van der Waals surface area contributed by atoms with E-state index in [9.17, 15) is 4.79 Å². The summed E-state index contributed by atoms with van der Waals surface area (Å²) in [6.07, 6.45) is 0. The summed E-state index contributed by atoms with van der Waals surface area (Å²) >= 11 is 0. The van der Waals surface area contributed by atoms with Crippen LogP contribution in [-0.2, 0) is 4.79 Å². The molecule has 0 N–H and O–H groups in total. The highest BCUT2D eigenvalue weighted by Gasteiger charge is 2.48. The van der Waals surface area contributed by atoms with Gasteiger partial charge < -0.3 is 9.80 Å². The second kappa shape index (κ2) is 2.46. The average molecular weight is 168 g/mol. The van der Waals surface area contributed by atoms with Gasteiger partial charge in [0, 0.05) is 32.1 Å². The zero-order chi connectivity index (χ0) is 8.88. The smallest absolute Gasteiger partial charge is 0.227 e. The van der Waals surface area contributed by atoms with Crippen LogP contribution in [0.4, 0.5) is 0 Å². The lowest BCUT2D eigenvalue weighted by Crippen LogP contribution is -2.33. The molecule has 2 aliphatic heterocycles. The summed E-state index contributed by atoms with van der Waals surface area (Å²) in [5, 5.41) is 0. The van der Waals surface area contributed by atoms with Crippen LogP contribution in [0.2, 0.25) is 0 Å². The standard InChI is InChI=1S/C9H16N2O/c1-6-7-4-10(2)5-8(7)9(12)11(6)3/h6-8H,4-5H2,1-3H3. The van der Waals surface area contributed by atoms with Crippen molar-refractivity contribution in [1.29, 1.82) is 0 Å². The normalized spacial score (nSPS) is 42.4. The van der Waals surface area contributed by atoms with Crippen molar-refractivity contribution in [2.24, 2.45) is 11.8 Å². The van der Waals surface area contributed by atoms with Crippen molar-refractivity contribution in [2.75, 3.05) is 27.2 Å². The molecule has 0 radical (unpaired) electrons. The summed E-state index contributed by atoms with van der Waals surface area (Å²) in [5.74, 6) is 1.21. The Morgan fingerprint density at radius 3 is 2.58 bits per heavy atom. The first kappa shape index (κ1) is 8.05. The first-order valence-corrected chi connectivity index (χ1v) is 4.56. The van der Waals surface area contributed by atoms with Gasteiger partial charge in [0.1, 0.15) is 0 Å². The van der Waals surface area contributed by atoms with Crippen LogP contribution >= 0.6 is 0 Å². The van der Waals surface area contributed by atoms with Gasteiger partial charge in [-0.15, -0.1) is 0 Å². The molecule has 0 aromatic rings. The van der Waals surface area contributed by atoms with E-state index in [0.717, 1.165) is 13.1 Å². The molecule has 0 aliphatic carbocycles. The van der Waals surface area contributed by atoms with Gasteiger partial charge in [0.25, 0.3) is 0 Å². The monoisotopic (exact) mass is 168 g/mol. The Hall–Kier alpha value is -0.570.